The van der Waals surface area contributed by atoms with Crippen molar-refractivity contribution in [1.82, 2.24) is 10.2 Å². The number of nitrogens with zero attached hydrogens (tertiary/aromatic N) is 1. The van der Waals surface area contributed by atoms with Crippen molar-refractivity contribution in [3.63, 3.8) is 0 Å². The van der Waals surface area contributed by atoms with Gasteiger partial charge in [0.05, 0.1) is 6.17 Å². The second-order valence-electron chi connectivity index (χ2n) is 5.89. The molecule has 0 saturated carbocycles. The lowest BCUT2D eigenvalue weighted by atomic mass is 10.1. The van der Waals surface area contributed by atoms with Crippen LogP contribution in [-0.4, -0.2) is 42.0 Å². The maximum Gasteiger partial charge on any atom is 0.246 e. The molecule has 0 aromatic carbocycles. The second-order valence-corrected chi connectivity index (χ2v) is 5.89. The van der Waals surface area contributed by atoms with Crippen LogP contribution in [0.1, 0.15) is 46.0 Å². The van der Waals surface area contributed by atoms with E-state index in [0.29, 0.717) is 32.4 Å². The molecule has 1 heterocycles. The average Bonchev–Trinajstić information content (AvgIpc) is 2.79. The van der Waals surface area contributed by atoms with Crippen LogP contribution >= 0.6 is 0 Å². The van der Waals surface area contributed by atoms with Gasteiger partial charge in [0, 0.05) is 13.0 Å². The number of carbonyl (C=O) groups is 2. The average molecular weight is 284 g/mol. The van der Waals surface area contributed by atoms with Gasteiger partial charge in [0.2, 0.25) is 11.8 Å². The third kappa shape index (κ3) is 5.09. The van der Waals surface area contributed by atoms with Crippen LogP contribution in [0.3, 0.4) is 0 Å². The largest absolute Gasteiger partial charge is 0.344 e. The summed E-state index contributed by atoms with van der Waals surface area (Å²) >= 11 is 0. The third-order valence-corrected chi connectivity index (χ3v) is 3.51. The van der Waals surface area contributed by atoms with E-state index in [1.807, 2.05) is 13.8 Å². The molecule has 1 rings (SSSR count). The van der Waals surface area contributed by atoms with Gasteiger partial charge in [-0.05, 0) is 38.1 Å². The minimum atomic E-state index is -0.492. The highest BCUT2D eigenvalue weighted by molar-refractivity contribution is 5.88. The summed E-state index contributed by atoms with van der Waals surface area (Å²) in [5.41, 5.74) is 11.4. The summed E-state index contributed by atoms with van der Waals surface area (Å²) in [5, 5.41) is 2.84. The van der Waals surface area contributed by atoms with Gasteiger partial charge >= 0.3 is 0 Å². The monoisotopic (exact) mass is 284 g/mol. The molecule has 0 spiro atoms. The van der Waals surface area contributed by atoms with Gasteiger partial charge in [-0.2, -0.15) is 0 Å². The molecule has 20 heavy (non-hydrogen) atoms. The van der Waals surface area contributed by atoms with Crippen LogP contribution in [-0.2, 0) is 9.59 Å². The normalized spacial score (nSPS) is 20.2. The maximum atomic E-state index is 12.5. The van der Waals surface area contributed by atoms with Gasteiger partial charge < -0.3 is 21.7 Å². The van der Waals surface area contributed by atoms with Crippen LogP contribution < -0.4 is 16.8 Å². The molecular weight excluding hydrogens is 256 g/mol. The van der Waals surface area contributed by atoms with Gasteiger partial charge in [0.15, 0.2) is 0 Å². The molecule has 116 valence electrons. The minimum absolute atomic E-state index is 0.0689. The number of hydrogen-bond donors (Lipinski definition) is 3. The van der Waals surface area contributed by atoms with Crippen molar-refractivity contribution in [3.05, 3.63) is 0 Å². The number of likely N-dealkylation sites (tertiary alicyclic amines) is 1. The molecule has 0 radical (unpaired) electrons. The fourth-order valence-corrected chi connectivity index (χ4v) is 2.47. The summed E-state index contributed by atoms with van der Waals surface area (Å²) in [4.78, 5) is 26.0. The highest BCUT2D eigenvalue weighted by atomic mass is 16.2. The molecule has 2 amide bonds. The molecule has 0 aliphatic carbocycles. The van der Waals surface area contributed by atoms with Crippen molar-refractivity contribution < 1.29 is 9.59 Å². The fraction of sp³-hybridized carbons (Fsp3) is 0.857. The fourth-order valence-electron chi connectivity index (χ4n) is 2.47. The predicted molar refractivity (Wildman–Crippen MR) is 78.6 cm³/mol. The Kier molecular flexibility index (Phi) is 6.95. The molecule has 6 nitrogen and oxygen atoms in total. The third-order valence-electron chi connectivity index (χ3n) is 3.51. The highest BCUT2D eigenvalue weighted by Gasteiger charge is 2.31. The molecule has 6 heteroatoms. The Morgan fingerprint density at radius 1 is 1.40 bits per heavy atom. The first-order valence-electron chi connectivity index (χ1n) is 7.51. The Labute approximate surface area is 121 Å². The summed E-state index contributed by atoms with van der Waals surface area (Å²) in [6.45, 7) is 5.15. The van der Waals surface area contributed by atoms with E-state index < -0.39 is 6.04 Å². The van der Waals surface area contributed by atoms with Crippen molar-refractivity contribution in [1.29, 1.82) is 0 Å². The Balaban J connectivity index is 2.62. The molecule has 0 bridgehead atoms. The van der Waals surface area contributed by atoms with Crippen LogP contribution in [0, 0.1) is 5.92 Å². The zero-order valence-electron chi connectivity index (χ0n) is 12.6. The van der Waals surface area contributed by atoms with Crippen LogP contribution in [0.25, 0.3) is 0 Å². The van der Waals surface area contributed by atoms with Gasteiger partial charge in [-0.3, -0.25) is 9.59 Å². The molecule has 1 fully saturated rings. The number of rotatable bonds is 7. The van der Waals surface area contributed by atoms with Crippen LogP contribution in [0.15, 0.2) is 0 Å². The number of carbonyl (C=O) groups excluding carboxylic acids is 2. The van der Waals surface area contributed by atoms with Gasteiger partial charge in [0.1, 0.15) is 6.04 Å². The molecule has 0 aromatic heterocycles. The number of nitrogens with one attached hydrogen (secondary N) is 1. The molecule has 1 saturated heterocycles. The van der Waals surface area contributed by atoms with Gasteiger partial charge in [0.25, 0.3) is 0 Å². The van der Waals surface area contributed by atoms with Crippen molar-refractivity contribution in [3.8, 4) is 0 Å². The zero-order valence-corrected chi connectivity index (χ0v) is 12.6. The second kappa shape index (κ2) is 8.21. The van der Waals surface area contributed by atoms with E-state index in [0.717, 1.165) is 12.8 Å². The zero-order chi connectivity index (χ0) is 15.1. The quantitative estimate of drug-likeness (QED) is 0.620. The van der Waals surface area contributed by atoms with E-state index in [4.69, 9.17) is 11.5 Å². The maximum absolute atomic E-state index is 12.5. The number of amides is 2. The Morgan fingerprint density at radius 2 is 2.10 bits per heavy atom. The van der Waals surface area contributed by atoms with E-state index in [2.05, 4.69) is 5.32 Å². The van der Waals surface area contributed by atoms with Crippen LogP contribution in [0.4, 0.5) is 0 Å². The van der Waals surface area contributed by atoms with Crippen LogP contribution in [0.2, 0.25) is 0 Å². The summed E-state index contributed by atoms with van der Waals surface area (Å²) in [6, 6.07) is -0.492. The SMILES string of the molecule is CC(C)CC(=O)NC(CCCN)C(=O)N1CCCC1N. The standard InChI is InChI=1S/C14H28N4O2/c1-10(2)9-13(19)17-11(5-3-7-15)14(20)18-8-4-6-12(18)16/h10-12H,3-9,15-16H2,1-2H3,(H,17,19). The van der Waals surface area contributed by atoms with E-state index in [9.17, 15) is 9.59 Å². The number of hydrogen-bond acceptors (Lipinski definition) is 4. The van der Waals surface area contributed by atoms with Crippen molar-refractivity contribution in [2.24, 2.45) is 17.4 Å². The highest BCUT2D eigenvalue weighted by Crippen LogP contribution is 2.15. The molecule has 2 atom stereocenters. The summed E-state index contributed by atoms with van der Waals surface area (Å²) in [6.07, 6.45) is 3.25. The molecule has 0 aromatic rings. The van der Waals surface area contributed by atoms with Gasteiger partial charge in [-0.15, -0.1) is 0 Å². The van der Waals surface area contributed by atoms with Crippen LogP contribution in [0.5, 0.6) is 0 Å². The van der Waals surface area contributed by atoms with Crippen molar-refractivity contribution in [2.45, 2.75) is 58.2 Å². The first-order valence-corrected chi connectivity index (χ1v) is 7.51. The Morgan fingerprint density at radius 3 is 2.60 bits per heavy atom. The summed E-state index contributed by atoms with van der Waals surface area (Å²) < 4.78 is 0. The minimum Gasteiger partial charge on any atom is -0.344 e. The van der Waals surface area contributed by atoms with Crippen molar-refractivity contribution >= 4 is 11.8 Å². The van der Waals surface area contributed by atoms with Gasteiger partial charge in [-0.1, -0.05) is 13.8 Å². The lowest BCUT2D eigenvalue weighted by Gasteiger charge is -2.27. The molecular formula is C14H28N4O2. The Bertz CT molecular complexity index is 333. The van der Waals surface area contributed by atoms with Crippen molar-refractivity contribution in [2.75, 3.05) is 13.1 Å². The predicted octanol–water partition coefficient (Wildman–Crippen LogP) is 0.163. The van der Waals surface area contributed by atoms with Gasteiger partial charge in [-0.25, -0.2) is 0 Å². The summed E-state index contributed by atoms with van der Waals surface area (Å²) in [5.74, 6) is 0.123. The summed E-state index contributed by atoms with van der Waals surface area (Å²) in [7, 11) is 0. The van der Waals surface area contributed by atoms with E-state index in [1.54, 1.807) is 4.90 Å². The first-order chi connectivity index (χ1) is 9.45. The smallest absolute Gasteiger partial charge is 0.246 e. The Hall–Kier alpha value is -1.14. The molecule has 2 unspecified atom stereocenters. The first kappa shape index (κ1) is 16.9. The van der Waals surface area contributed by atoms with E-state index in [1.165, 1.54) is 0 Å². The molecule has 1 aliphatic heterocycles. The lowest BCUT2D eigenvalue weighted by molar-refractivity contribution is -0.137. The van der Waals surface area contributed by atoms with E-state index in [-0.39, 0.29) is 23.9 Å². The molecule has 1 aliphatic rings. The lowest BCUT2D eigenvalue weighted by Crippen LogP contribution is -2.52. The van der Waals surface area contributed by atoms with E-state index >= 15 is 0 Å². The number of nitrogens with two attached hydrogens (primary N) is 2. The topological polar surface area (TPSA) is 101 Å². The molecule has 5 N–H and O–H groups in total.